The predicted octanol–water partition coefficient (Wildman–Crippen LogP) is 2.32. The third-order valence-electron chi connectivity index (χ3n) is 5.67. The number of carbonyl (C=O) groups excluding carboxylic acids is 1. The molecule has 1 amide bonds. The Labute approximate surface area is 153 Å². The molecule has 1 fully saturated rings. The second kappa shape index (κ2) is 6.74. The molecule has 2 aromatic rings. The zero-order valence-corrected chi connectivity index (χ0v) is 15.5. The van der Waals surface area contributed by atoms with Gasteiger partial charge >= 0.3 is 0 Å². The molecular formula is C20H26N4O2. The van der Waals surface area contributed by atoms with Crippen molar-refractivity contribution in [1.29, 1.82) is 0 Å². The number of piperidine rings is 1. The Morgan fingerprint density at radius 1 is 1.23 bits per heavy atom. The smallest absolute Gasteiger partial charge is 0.272 e. The number of rotatable bonds is 2. The molecule has 26 heavy (non-hydrogen) atoms. The zero-order chi connectivity index (χ0) is 18.3. The van der Waals surface area contributed by atoms with Crippen LogP contribution in [-0.2, 0) is 19.9 Å². The second-order valence-electron chi connectivity index (χ2n) is 7.65. The lowest BCUT2D eigenvalue weighted by Crippen LogP contribution is -2.40. The van der Waals surface area contributed by atoms with E-state index in [1.807, 2.05) is 18.9 Å². The molecule has 0 unspecified atom stereocenters. The summed E-state index contributed by atoms with van der Waals surface area (Å²) in [6, 6.07) is 3.29. The van der Waals surface area contributed by atoms with Gasteiger partial charge < -0.3 is 9.88 Å². The van der Waals surface area contributed by atoms with Gasteiger partial charge in [-0.25, -0.2) is 0 Å². The van der Waals surface area contributed by atoms with E-state index in [1.54, 1.807) is 16.8 Å². The lowest BCUT2D eigenvalue weighted by Gasteiger charge is -2.33. The highest BCUT2D eigenvalue weighted by Gasteiger charge is 2.31. The first kappa shape index (κ1) is 17.1. The number of likely N-dealkylation sites (tertiary alicyclic amines) is 1. The lowest BCUT2D eigenvalue weighted by molar-refractivity contribution is 0.0693. The molecule has 3 heterocycles. The van der Waals surface area contributed by atoms with Crippen molar-refractivity contribution in [3.8, 4) is 0 Å². The summed E-state index contributed by atoms with van der Waals surface area (Å²) in [5.74, 6) is 0.271. The van der Waals surface area contributed by atoms with Crippen LogP contribution in [0.4, 0.5) is 0 Å². The number of H-pyrrole nitrogens is 1. The fraction of sp³-hybridized carbons (Fsp3) is 0.550. The maximum atomic E-state index is 13.3. The largest absolute Gasteiger partial charge is 0.362 e. The van der Waals surface area contributed by atoms with Gasteiger partial charge in [-0.3, -0.25) is 14.3 Å². The van der Waals surface area contributed by atoms with Crippen LogP contribution < -0.4 is 5.43 Å². The molecule has 0 aromatic carbocycles. The fourth-order valence-corrected chi connectivity index (χ4v) is 4.44. The number of aryl methyl sites for hydroxylation is 3. The van der Waals surface area contributed by atoms with Crippen LogP contribution in [0.2, 0.25) is 0 Å². The summed E-state index contributed by atoms with van der Waals surface area (Å²) in [6.07, 6.45) is 6.16. The molecule has 0 spiro atoms. The first-order valence-corrected chi connectivity index (χ1v) is 9.58. The van der Waals surface area contributed by atoms with Gasteiger partial charge in [0.1, 0.15) is 5.69 Å². The van der Waals surface area contributed by atoms with E-state index in [2.05, 4.69) is 10.1 Å². The first-order chi connectivity index (χ1) is 12.5. The minimum absolute atomic E-state index is 0.0282. The van der Waals surface area contributed by atoms with E-state index in [0.717, 1.165) is 73.4 Å². The Morgan fingerprint density at radius 3 is 2.85 bits per heavy atom. The van der Waals surface area contributed by atoms with Gasteiger partial charge in [0.2, 0.25) is 0 Å². The number of hydrogen-bond acceptors (Lipinski definition) is 3. The Kier molecular flexibility index (Phi) is 4.42. The lowest BCUT2D eigenvalue weighted by atomic mass is 9.92. The summed E-state index contributed by atoms with van der Waals surface area (Å²) in [5.41, 5.74) is 4.85. The van der Waals surface area contributed by atoms with Gasteiger partial charge in [-0.15, -0.1) is 0 Å². The fourth-order valence-electron chi connectivity index (χ4n) is 4.44. The Morgan fingerprint density at radius 2 is 2.04 bits per heavy atom. The number of nitrogens with one attached hydrogen (secondary N) is 1. The van der Waals surface area contributed by atoms with Crippen LogP contribution in [0.1, 0.15) is 64.7 Å². The maximum Gasteiger partial charge on any atom is 0.272 e. The molecule has 138 valence electrons. The van der Waals surface area contributed by atoms with Crippen LogP contribution in [0.15, 0.2) is 16.9 Å². The normalized spacial score (nSPS) is 20.1. The highest BCUT2D eigenvalue weighted by molar-refractivity contribution is 5.94. The molecule has 1 saturated heterocycles. The van der Waals surface area contributed by atoms with E-state index in [0.29, 0.717) is 6.54 Å². The van der Waals surface area contributed by atoms with E-state index in [4.69, 9.17) is 0 Å². The van der Waals surface area contributed by atoms with Crippen LogP contribution in [0, 0.1) is 6.92 Å². The van der Waals surface area contributed by atoms with Crippen molar-refractivity contribution in [1.82, 2.24) is 19.7 Å². The summed E-state index contributed by atoms with van der Waals surface area (Å²) in [7, 11) is 1.88. The van der Waals surface area contributed by atoms with Gasteiger partial charge in [0, 0.05) is 55.1 Å². The number of amides is 1. The molecule has 6 heteroatoms. The van der Waals surface area contributed by atoms with Gasteiger partial charge in [-0.1, -0.05) is 0 Å². The van der Waals surface area contributed by atoms with E-state index in [1.165, 1.54) is 0 Å². The summed E-state index contributed by atoms with van der Waals surface area (Å²) in [5, 5.41) is 4.59. The number of fused-ring (bicyclic) bond motifs is 1. The molecule has 0 saturated carbocycles. The van der Waals surface area contributed by atoms with Crippen LogP contribution in [0.25, 0.3) is 0 Å². The minimum atomic E-state index is 0.0282. The van der Waals surface area contributed by atoms with Crippen molar-refractivity contribution < 1.29 is 4.79 Å². The van der Waals surface area contributed by atoms with Crippen molar-refractivity contribution in [3.63, 3.8) is 0 Å². The molecule has 4 rings (SSSR count). The topological polar surface area (TPSA) is 71.0 Å². The molecule has 2 aliphatic rings. The molecule has 1 N–H and O–H groups in total. The van der Waals surface area contributed by atoms with Crippen LogP contribution in [-0.4, -0.2) is 38.7 Å². The number of hydrogen-bond donors (Lipinski definition) is 1. The van der Waals surface area contributed by atoms with Crippen molar-refractivity contribution in [2.45, 2.75) is 51.4 Å². The Bertz CT molecular complexity index is 896. The van der Waals surface area contributed by atoms with Crippen molar-refractivity contribution >= 4 is 5.91 Å². The zero-order valence-electron chi connectivity index (χ0n) is 15.5. The van der Waals surface area contributed by atoms with Crippen LogP contribution in [0.5, 0.6) is 0 Å². The van der Waals surface area contributed by atoms with Crippen LogP contribution in [0.3, 0.4) is 0 Å². The third kappa shape index (κ3) is 3.08. The molecule has 1 aliphatic carbocycles. The van der Waals surface area contributed by atoms with E-state index >= 15 is 0 Å². The molecule has 6 nitrogen and oxygen atoms in total. The molecule has 1 atom stereocenters. The predicted molar refractivity (Wildman–Crippen MR) is 99.5 cm³/mol. The quantitative estimate of drug-likeness (QED) is 0.900. The number of aromatic nitrogens is 3. The molecule has 1 aliphatic heterocycles. The standard InChI is InChI=1S/C20H26N4O2/c1-13-10-15(25)11-18(21-13)14-6-5-9-24(12-14)20(26)19-16-7-3-4-8-17(16)22-23(19)2/h10-11,14H,3-9,12H2,1-2H3,(H,21,25)/t14-/m0/s1. The first-order valence-electron chi connectivity index (χ1n) is 9.58. The molecule has 0 radical (unpaired) electrons. The average Bonchev–Trinajstić information content (AvgIpc) is 2.96. The van der Waals surface area contributed by atoms with E-state index < -0.39 is 0 Å². The molecular weight excluding hydrogens is 328 g/mol. The van der Waals surface area contributed by atoms with Gasteiger partial charge in [0.05, 0.1) is 5.69 Å². The SMILES string of the molecule is Cc1cc(=O)cc([C@H]2CCCN(C(=O)c3c4c(nn3C)CCCC4)C2)[nH]1. The second-order valence-corrected chi connectivity index (χ2v) is 7.65. The van der Waals surface area contributed by atoms with Gasteiger partial charge in [-0.2, -0.15) is 5.10 Å². The summed E-state index contributed by atoms with van der Waals surface area (Å²) in [6.45, 7) is 3.32. The molecule has 2 aromatic heterocycles. The average molecular weight is 354 g/mol. The van der Waals surface area contributed by atoms with Gasteiger partial charge in [0.25, 0.3) is 5.91 Å². The monoisotopic (exact) mass is 354 g/mol. The third-order valence-corrected chi connectivity index (χ3v) is 5.67. The number of aromatic amines is 1. The van der Waals surface area contributed by atoms with E-state index in [-0.39, 0.29) is 17.3 Å². The highest BCUT2D eigenvalue weighted by atomic mass is 16.2. The van der Waals surface area contributed by atoms with Gasteiger partial charge in [-0.05, 0) is 45.4 Å². The molecule has 0 bridgehead atoms. The van der Waals surface area contributed by atoms with Crippen molar-refractivity contribution in [2.24, 2.45) is 7.05 Å². The number of nitrogens with zero attached hydrogens (tertiary/aromatic N) is 3. The summed E-state index contributed by atoms with van der Waals surface area (Å²) >= 11 is 0. The maximum absolute atomic E-state index is 13.3. The van der Waals surface area contributed by atoms with Crippen molar-refractivity contribution in [2.75, 3.05) is 13.1 Å². The van der Waals surface area contributed by atoms with E-state index in [9.17, 15) is 9.59 Å². The number of pyridine rings is 1. The minimum Gasteiger partial charge on any atom is -0.362 e. The van der Waals surface area contributed by atoms with Crippen LogP contribution >= 0.6 is 0 Å². The summed E-state index contributed by atoms with van der Waals surface area (Å²) in [4.78, 5) is 30.4. The van der Waals surface area contributed by atoms with Gasteiger partial charge in [0.15, 0.2) is 5.43 Å². The highest BCUT2D eigenvalue weighted by Crippen LogP contribution is 2.29. The van der Waals surface area contributed by atoms with Crippen molar-refractivity contribution in [3.05, 3.63) is 50.7 Å². The number of carbonyl (C=O) groups is 1. The summed E-state index contributed by atoms with van der Waals surface area (Å²) < 4.78 is 1.77. The Hall–Kier alpha value is -2.37. The Balaban J connectivity index is 1.59.